The first-order valence-corrected chi connectivity index (χ1v) is 11.1. The van der Waals surface area contributed by atoms with Gasteiger partial charge in [0.05, 0.1) is 24.0 Å². The van der Waals surface area contributed by atoms with E-state index in [1.807, 2.05) is 24.3 Å². The van der Waals surface area contributed by atoms with E-state index >= 15 is 0 Å². The molecule has 1 aromatic heterocycles. The maximum Gasteiger partial charge on any atom is 0.407 e. The summed E-state index contributed by atoms with van der Waals surface area (Å²) in [4.78, 5) is 35.5. The van der Waals surface area contributed by atoms with Gasteiger partial charge in [0.2, 0.25) is 0 Å². The summed E-state index contributed by atoms with van der Waals surface area (Å²) in [5.74, 6) is -1.33. The number of hydrogen-bond donors (Lipinski definition) is 3. The molecule has 1 aliphatic rings. The van der Waals surface area contributed by atoms with Crippen LogP contribution in [0.4, 0.5) is 4.79 Å². The van der Waals surface area contributed by atoms with Crippen LogP contribution in [0.3, 0.4) is 0 Å². The van der Waals surface area contributed by atoms with Crippen LogP contribution in [-0.4, -0.2) is 46.0 Å². The van der Waals surface area contributed by atoms with Gasteiger partial charge in [-0.1, -0.05) is 48.5 Å². The van der Waals surface area contributed by atoms with Gasteiger partial charge in [0.15, 0.2) is 0 Å². The largest absolute Gasteiger partial charge is 0.481 e. The van der Waals surface area contributed by atoms with Crippen LogP contribution < -0.4 is 10.6 Å². The average Bonchev–Trinajstić information content (AvgIpc) is 3.36. The highest BCUT2D eigenvalue weighted by Gasteiger charge is 2.29. The highest BCUT2D eigenvalue weighted by molar-refractivity contribution is 5.95. The van der Waals surface area contributed by atoms with Gasteiger partial charge in [0.25, 0.3) is 5.91 Å². The van der Waals surface area contributed by atoms with Gasteiger partial charge < -0.3 is 20.5 Å². The lowest BCUT2D eigenvalue weighted by atomic mass is 9.98. The molecule has 0 spiro atoms. The monoisotopic (exact) mass is 462 g/mol. The Kier molecular flexibility index (Phi) is 6.91. The molecule has 9 nitrogen and oxygen atoms in total. The van der Waals surface area contributed by atoms with Gasteiger partial charge in [-0.25, -0.2) is 4.79 Å². The molecular formula is C25H26N4O5. The number of nitrogens with zero attached hydrogens (tertiary/aromatic N) is 2. The molecule has 0 saturated heterocycles. The van der Waals surface area contributed by atoms with Crippen molar-refractivity contribution in [1.82, 2.24) is 20.4 Å². The summed E-state index contributed by atoms with van der Waals surface area (Å²) in [6.07, 6.45) is 1.13. The summed E-state index contributed by atoms with van der Waals surface area (Å²) in [7, 11) is 1.68. The van der Waals surface area contributed by atoms with E-state index in [1.165, 1.54) is 10.9 Å². The third kappa shape index (κ3) is 4.93. The molecule has 0 fully saturated rings. The smallest absolute Gasteiger partial charge is 0.407 e. The quantitative estimate of drug-likeness (QED) is 0.420. The number of aryl methyl sites for hydroxylation is 1. The van der Waals surface area contributed by atoms with Crippen LogP contribution in [0.2, 0.25) is 0 Å². The van der Waals surface area contributed by atoms with Crippen LogP contribution in [-0.2, 0) is 23.1 Å². The molecule has 0 radical (unpaired) electrons. The first-order chi connectivity index (χ1) is 16.5. The summed E-state index contributed by atoms with van der Waals surface area (Å²) in [5.41, 5.74) is 5.40. The zero-order chi connectivity index (χ0) is 24.1. The molecule has 2 aromatic carbocycles. The number of ether oxygens (including phenoxy) is 1. The average molecular weight is 463 g/mol. The Morgan fingerprint density at radius 1 is 1.03 bits per heavy atom. The Balaban J connectivity index is 1.34. The van der Waals surface area contributed by atoms with Crippen LogP contribution in [0, 0.1) is 0 Å². The number of alkyl carbamates (subject to hydrolysis) is 1. The van der Waals surface area contributed by atoms with E-state index in [2.05, 4.69) is 40.0 Å². The Bertz CT molecular complexity index is 1170. The molecule has 3 N–H and O–H groups in total. The van der Waals surface area contributed by atoms with E-state index in [0.717, 1.165) is 22.3 Å². The number of aliphatic carboxylic acids is 1. The third-order valence-electron chi connectivity index (χ3n) is 5.90. The lowest BCUT2D eigenvalue weighted by Crippen LogP contribution is -2.29. The lowest BCUT2D eigenvalue weighted by molar-refractivity contribution is -0.137. The third-order valence-corrected chi connectivity index (χ3v) is 5.90. The summed E-state index contributed by atoms with van der Waals surface area (Å²) in [6.45, 7) is 0.493. The fourth-order valence-corrected chi connectivity index (χ4v) is 4.20. The minimum atomic E-state index is -0.913. The number of nitrogens with one attached hydrogen (secondary N) is 2. The van der Waals surface area contributed by atoms with Crippen molar-refractivity contribution in [2.75, 3.05) is 13.2 Å². The lowest BCUT2D eigenvalue weighted by Gasteiger charge is -2.15. The van der Waals surface area contributed by atoms with Gasteiger partial charge in [-0.3, -0.25) is 14.3 Å². The molecule has 2 amide bonds. The number of carbonyl (C=O) groups is 3. The summed E-state index contributed by atoms with van der Waals surface area (Å²) < 4.78 is 7.05. The van der Waals surface area contributed by atoms with Crippen LogP contribution in [0.5, 0.6) is 0 Å². The molecule has 1 heterocycles. The second-order valence-electron chi connectivity index (χ2n) is 8.06. The van der Waals surface area contributed by atoms with E-state index in [0.29, 0.717) is 17.7 Å². The zero-order valence-corrected chi connectivity index (χ0v) is 18.8. The standard InChI is InChI=1S/C25H26N4O5/c1-29-22(20(13-28-29)24(32)26-12-6-11-23(30)31)14-27-25(33)34-15-21-18-9-4-2-7-16(18)17-8-3-5-10-19(17)21/h2-5,7-10,13,21H,6,11-12,14-15H2,1H3,(H,26,32)(H,27,33)(H,30,31). The predicted molar refractivity (Wildman–Crippen MR) is 124 cm³/mol. The highest BCUT2D eigenvalue weighted by atomic mass is 16.5. The normalized spacial score (nSPS) is 12.0. The van der Waals surface area contributed by atoms with Crippen LogP contribution in [0.25, 0.3) is 11.1 Å². The maximum atomic E-state index is 12.5. The van der Waals surface area contributed by atoms with Crippen molar-refractivity contribution in [3.05, 3.63) is 77.1 Å². The molecule has 0 aliphatic heterocycles. The number of carboxylic acids is 1. The summed E-state index contributed by atoms with van der Waals surface area (Å²) in [5, 5.41) is 18.2. The van der Waals surface area contributed by atoms with Gasteiger partial charge in [-0.05, 0) is 28.7 Å². The molecule has 9 heteroatoms. The molecule has 0 atom stereocenters. The number of hydrogen-bond acceptors (Lipinski definition) is 5. The van der Waals surface area contributed by atoms with Crippen molar-refractivity contribution in [1.29, 1.82) is 0 Å². The van der Waals surface area contributed by atoms with E-state index in [4.69, 9.17) is 9.84 Å². The highest BCUT2D eigenvalue weighted by Crippen LogP contribution is 2.44. The van der Waals surface area contributed by atoms with Gasteiger partial charge in [-0.2, -0.15) is 5.10 Å². The number of carbonyl (C=O) groups excluding carboxylic acids is 2. The molecule has 1 aliphatic carbocycles. The minimum absolute atomic E-state index is 0.0243. The zero-order valence-electron chi connectivity index (χ0n) is 18.8. The van der Waals surface area contributed by atoms with E-state index in [1.54, 1.807) is 7.05 Å². The van der Waals surface area contributed by atoms with Crippen molar-refractivity contribution >= 4 is 18.0 Å². The van der Waals surface area contributed by atoms with Crippen molar-refractivity contribution in [3.63, 3.8) is 0 Å². The van der Waals surface area contributed by atoms with Crippen molar-refractivity contribution in [2.24, 2.45) is 7.05 Å². The molecule has 176 valence electrons. The predicted octanol–water partition coefficient (Wildman–Crippen LogP) is 3.05. The van der Waals surface area contributed by atoms with E-state index < -0.39 is 12.1 Å². The summed E-state index contributed by atoms with van der Waals surface area (Å²) >= 11 is 0. The minimum Gasteiger partial charge on any atom is -0.481 e. The second-order valence-corrected chi connectivity index (χ2v) is 8.06. The molecular weight excluding hydrogens is 436 g/mol. The molecule has 3 aromatic rings. The van der Waals surface area contributed by atoms with Crippen LogP contribution >= 0.6 is 0 Å². The molecule has 0 bridgehead atoms. The van der Waals surface area contributed by atoms with Gasteiger partial charge >= 0.3 is 12.1 Å². The Hall–Kier alpha value is -4.14. The fraction of sp³-hybridized carbons (Fsp3) is 0.280. The molecule has 0 unspecified atom stereocenters. The topological polar surface area (TPSA) is 123 Å². The number of carboxylic acid groups (broad SMARTS) is 1. The maximum absolute atomic E-state index is 12.5. The molecule has 4 rings (SSSR count). The number of benzene rings is 2. The molecule has 0 saturated carbocycles. The summed E-state index contributed by atoms with van der Waals surface area (Å²) in [6, 6.07) is 16.2. The first-order valence-electron chi connectivity index (χ1n) is 11.1. The second kappa shape index (κ2) is 10.2. The Labute approximate surface area is 196 Å². The molecule has 34 heavy (non-hydrogen) atoms. The van der Waals surface area contributed by atoms with Crippen LogP contribution in [0.1, 0.15) is 45.9 Å². The van der Waals surface area contributed by atoms with Gasteiger partial charge in [-0.15, -0.1) is 0 Å². The van der Waals surface area contributed by atoms with Crippen molar-refractivity contribution in [2.45, 2.75) is 25.3 Å². The Morgan fingerprint density at radius 2 is 1.68 bits per heavy atom. The van der Waals surface area contributed by atoms with Crippen LogP contribution in [0.15, 0.2) is 54.7 Å². The Morgan fingerprint density at radius 3 is 2.32 bits per heavy atom. The number of fused-ring (bicyclic) bond motifs is 3. The number of amides is 2. The van der Waals surface area contributed by atoms with Gasteiger partial charge in [0, 0.05) is 25.9 Å². The van der Waals surface area contributed by atoms with Crippen molar-refractivity contribution < 1.29 is 24.2 Å². The fourth-order valence-electron chi connectivity index (χ4n) is 4.20. The SMILES string of the molecule is Cn1ncc(C(=O)NCCCC(=O)O)c1CNC(=O)OCC1c2ccccc2-c2ccccc21. The van der Waals surface area contributed by atoms with E-state index in [9.17, 15) is 14.4 Å². The number of rotatable bonds is 9. The number of aromatic nitrogens is 2. The first kappa shape index (κ1) is 23.0. The van der Waals surface area contributed by atoms with Crippen molar-refractivity contribution in [3.8, 4) is 11.1 Å². The van der Waals surface area contributed by atoms with Gasteiger partial charge in [0.1, 0.15) is 6.61 Å². The van der Waals surface area contributed by atoms with E-state index in [-0.39, 0.29) is 37.9 Å².